The molecule has 0 aliphatic carbocycles. The number of aryl methyl sites for hydroxylation is 1. The minimum atomic E-state index is -4.39. The highest BCUT2D eigenvalue weighted by Gasteiger charge is 2.28. The van der Waals surface area contributed by atoms with Crippen molar-refractivity contribution < 1.29 is 27.5 Å². The van der Waals surface area contributed by atoms with Crippen molar-refractivity contribution >= 4 is 24.1 Å². The Morgan fingerprint density at radius 3 is 2.42 bits per heavy atom. The summed E-state index contributed by atoms with van der Waals surface area (Å²) in [6.45, 7) is 6.90. The molecule has 0 saturated carbocycles. The third-order valence-corrected chi connectivity index (χ3v) is 7.80. The molecule has 2 aromatic carbocycles. The Labute approximate surface area is 233 Å². The number of carbonyl (C=O) groups excluding carboxylic acids is 2. The minimum absolute atomic E-state index is 0.00441. The lowest BCUT2D eigenvalue weighted by atomic mass is 9.95. The fraction of sp³-hybridized carbons (Fsp3) is 0.484. The minimum Gasteiger partial charge on any atom is -0.374 e. The standard InChI is InChI=1S/C31H38F3N3O3/c1-21-4-7-26(8-5-21)30(39)36-15-12-24(13-16-36)18-37-19-28-23(3)27(11-10-25(28)9-6-22(37)2)29(38)35-14-17-40-20-31(32,33)34/h4-5,7-11,19,22,24H,6,12-18,20H2,1-3H3,(H,35,38). The molecule has 0 bridgehead atoms. The zero-order valence-electron chi connectivity index (χ0n) is 23.4. The second-order valence-corrected chi connectivity index (χ2v) is 10.9. The molecule has 1 N–H and O–H groups in total. The van der Waals surface area contributed by atoms with Gasteiger partial charge in [0.2, 0.25) is 0 Å². The zero-order valence-corrected chi connectivity index (χ0v) is 23.4. The number of nitrogens with zero attached hydrogens (tertiary/aromatic N) is 2. The van der Waals surface area contributed by atoms with Gasteiger partial charge < -0.3 is 19.9 Å². The van der Waals surface area contributed by atoms with Crippen LogP contribution in [0.3, 0.4) is 0 Å². The van der Waals surface area contributed by atoms with Crippen molar-refractivity contribution in [1.29, 1.82) is 0 Å². The maximum absolute atomic E-state index is 12.9. The number of benzene rings is 2. The fourth-order valence-electron chi connectivity index (χ4n) is 5.32. The smallest absolute Gasteiger partial charge is 0.374 e. The summed E-state index contributed by atoms with van der Waals surface area (Å²) in [6, 6.07) is 11.7. The van der Waals surface area contributed by atoms with Gasteiger partial charge >= 0.3 is 6.18 Å². The van der Waals surface area contributed by atoms with Crippen molar-refractivity contribution in [3.8, 4) is 0 Å². The first-order valence-corrected chi connectivity index (χ1v) is 13.9. The monoisotopic (exact) mass is 557 g/mol. The SMILES string of the molecule is Cc1ccc(C(=O)N2CCC(CN3C=c4c(C)c(C(=O)NCCOCC(F)(F)F)ccc4=CCC3C)CC2)cc1. The topological polar surface area (TPSA) is 61.9 Å². The van der Waals surface area contributed by atoms with Crippen LogP contribution in [0.1, 0.15) is 58.0 Å². The molecule has 0 spiro atoms. The lowest BCUT2D eigenvalue weighted by Crippen LogP contribution is -2.42. The highest BCUT2D eigenvalue weighted by atomic mass is 19.4. The zero-order chi connectivity index (χ0) is 28.9. The van der Waals surface area contributed by atoms with Crippen molar-refractivity contribution in [2.24, 2.45) is 5.92 Å². The number of ether oxygens (including phenoxy) is 1. The van der Waals surface area contributed by atoms with Crippen LogP contribution in [0.25, 0.3) is 12.3 Å². The largest absolute Gasteiger partial charge is 0.411 e. The number of carbonyl (C=O) groups is 2. The molecule has 1 fully saturated rings. The number of alkyl halides is 3. The molecule has 0 radical (unpaired) electrons. The van der Waals surface area contributed by atoms with Crippen molar-refractivity contribution in [2.45, 2.75) is 52.3 Å². The van der Waals surface area contributed by atoms with Crippen LogP contribution in [-0.2, 0) is 4.74 Å². The Morgan fingerprint density at radius 1 is 1.05 bits per heavy atom. The van der Waals surface area contributed by atoms with Crippen LogP contribution in [0.5, 0.6) is 0 Å². The van der Waals surface area contributed by atoms with Crippen molar-refractivity contribution in [1.82, 2.24) is 15.1 Å². The van der Waals surface area contributed by atoms with Crippen LogP contribution >= 0.6 is 0 Å². The molecule has 1 unspecified atom stereocenters. The summed E-state index contributed by atoms with van der Waals surface area (Å²) in [6.07, 6.45) is 2.69. The maximum atomic E-state index is 12.9. The molecule has 0 aromatic heterocycles. The van der Waals surface area contributed by atoms with Crippen LogP contribution in [0, 0.1) is 19.8 Å². The molecule has 216 valence electrons. The summed E-state index contributed by atoms with van der Waals surface area (Å²) >= 11 is 0. The van der Waals surface area contributed by atoms with Gasteiger partial charge in [-0.25, -0.2) is 0 Å². The Bertz CT molecular complexity index is 1320. The van der Waals surface area contributed by atoms with Crippen molar-refractivity contribution in [3.63, 3.8) is 0 Å². The molecule has 2 amide bonds. The van der Waals surface area contributed by atoms with E-state index in [2.05, 4.69) is 34.2 Å². The van der Waals surface area contributed by atoms with Gasteiger partial charge in [0.1, 0.15) is 6.61 Å². The van der Waals surface area contributed by atoms with Gasteiger partial charge in [-0.15, -0.1) is 0 Å². The first kappa shape index (κ1) is 29.6. The average molecular weight is 558 g/mol. The van der Waals surface area contributed by atoms with Crippen molar-refractivity contribution in [3.05, 3.63) is 69.1 Å². The first-order valence-electron chi connectivity index (χ1n) is 13.9. The van der Waals surface area contributed by atoms with Gasteiger partial charge in [0.15, 0.2) is 0 Å². The molecule has 2 heterocycles. The Kier molecular flexibility index (Phi) is 9.56. The number of fused-ring (bicyclic) bond motifs is 1. The number of halogens is 3. The van der Waals surface area contributed by atoms with Gasteiger partial charge in [-0.05, 0) is 74.9 Å². The molecule has 6 nitrogen and oxygen atoms in total. The van der Waals surface area contributed by atoms with Gasteiger partial charge in [0.25, 0.3) is 11.8 Å². The third-order valence-electron chi connectivity index (χ3n) is 7.80. The summed E-state index contributed by atoms with van der Waals surface area (Å²) in [4.78, 5) is 30.0. The van der Waals surface area contributed by atoms with E-state index < -0.39 is 12.8 Å². The van der Waals surface area contributed by atoms with Crippen molar-refractivity contribution in [2.75, 3.05) is 39.4 Å². The second-order valence-electron chi connectivity index (χ2n) is 10.9. The van der Waals surface area contributed by atoms with Crippen LogP contribution < -0.4 is 15.8 Å². The number of hydrogen-bond acceptors (Lipinski definition) is 4. The molecule has 1 saturated heterocycles. The highest BCUT2D eigenvalue weighted by Crippen LogP contribution is 2.23. The van der Waals surface area contributed by atoms with E-state index in [-0.39, 0.29) is 31.0 Å². The van der Waals surface area contributed by atoms with E-state index in [1.54, 1.807) is 6.07 Å². The normalized spacial score (nSPS) is 17.9. The first-order chi connectivity index (χ1) is 19.0. The summed E-state index contributed by atoms with van der Waals surface area (Å²) in [5.41, 5.74) is 3.20. The fourth-order valence-corrected chi connectivity index (χ4v) is 5.32. The van der Waals surface area contributed by atoms with E-state index in [1.165, 1.54) is 0 Å². The molecule has 2 aliphatic rings. The Hall–Kier alpha value is -3.33. The Morgan fingerprint density at radius 2 is 1.75 bits per heavy atom. The second kappa shape index (κ2) is 12.9. The number of amides is 2. The van der Waals surface area contributed by atoms with Gasteiger partial charge in [-0.2, -0.15) is 13.2 Å². The molecule has 2 aromatic rings. The molecule has 2 aliphatic heterocycles. The lowest BCUT2D eigenvalue weighted by molar-refractivity contribution is -0.173. The third kappa shape index (κ3) is 7.65. The summed E-state index contributed by atoms with van der Waals surface area (Å²) in [7, 11) is 0. The molecular formula is C31H38F3N3O3. The molecule has 9 heteroatoms. The number of hydrogen-bond donors (Lipinski definition) is 1. The van der Waals surface area contributed by atoms with E-state index in [0.717, 1.165) is 66.0 Å². The molecule has 4 rings (SSSR count). The predicted octanol–water partition coefficient (Wildman–Crippen LogP) is 3.78. The summed E-state index contributed by atoms with van der Waals surface area (Å²) in [5.74, 6) is 0.203. The highest BCUT2D eigenvalue weighted by molar-refractivity contribution is 5.95. The van der Waals surface area contributed by atoms with E-state index >= 15 is 0 Å². The summed E-state index contributed by atoms with van der Waals surface area (Å²) < 4.78 is 41.3. The number of nitrogens with one attached hydrogen (secondary N) is 1. The number of likely N-dealkylation sites (tertiary alicyclic amines) is 1. The molecule has 40 heavy (non-hydrogen) atoms. The predicted molar refractivity (Wildman–Crippen MR) is 149 cm³/mol. The molecule has 1 atom stereocenters. The maximum Gasteiger partial charge on any atom is 0.411 e. The molecular weight excluding hydrogens is 519 g/mol. The van der Waals surface area contributed by atoms with E-state index in [4.69, 9.17) is 0 Å². The van der Waals surface area contributed by atoms with E-state index in [0.29, 0.717) is 11.5 Å². The van der Waals surface area contributed by atoms with Gasteiger partial charge in [0.05, 0.1) is 6.61 Å². The van der Waals surface area contributed by atoms with E-state index in [1.807, 2.05) is 49.1 Å². The van der Waals surface area contributed by atoms with E-state index in [9.17, 15) is 22.8 Å². The Balaban J connectivity index is 1.39. The average Bonchev–Trinajstić information content (AvgIpc) is 3.07. The van der Waals surface area contributed by atoms with Gasteiger partial charge in [0, 0.05) is 54.8 Å². The quantitative estimate of drug-likeness (QED) is 0.502. The van der Waals surface area contributed by atoms with Gasteiger partial charge in [-0.3, -0.25) is 9.59 Å². The number of piperidine rings is 1. The van der Waals surface area contributed by atoms with Gasteiger partial charge in [-0.1, -0.05) is 29.8 Å². The van der Waals surface area contributed by atoms with Crippen LogP contribution in [-0.4, -0.2) is 73.2 Å². The lowest BCUT2D eigenvalue weighted by Gasteiger charge is -2.36. The summed E-state index contributed by atoms with van der Waals surface area (Å²) in [5, 5.41) is 4.71. The number of rotatable bonds is 8. The van der Waals surface area contributed by atoms with Crippen LogP contribution in [0.4, 0.5) is 13.2 Å². The van der Waals surface area contributed by atoms with Crippen LogP contribution in [0.15, 0.2) is 36.4 Å². The van der Waals surface area contributed by atoms with Crippen LogP contribution in [0.2, 0.25) is 0 Å².